The van der Waals surface area contributed by atoms with Crippen molar-refractivity contribution in [3.05, 3.63) is 24.5 Å². The van der Waals surface area contributed by atoms with Gasteiger partial charge in [0.05, 0.1) is 5.52 Å². The van der Waals surface area contributed by atoms with Crippen molar-refractivity contribution in [3.8, 4) is 0 Å². The van der Waals surface area contributed by atoms with Crippen molar-refractivity contribution < 1.29 is 0 Å². The molecule has 0 bridgehead atoms. The van der Waals surface area contributed by atoms with Crippen molar-refractivity contribution in [2.45, 2.75) is 0 Å². The van der Waals surface area contributed by atoms with Crippen molar-refractivity contribution in [2.75, 3.05) is 5.73 Å². The quantitative estimate of drug-likeness (QED) is 0.588. The van der Waals surface area contributed by atoms with E-state index in [1.54, 1.807) is 17.0 Å². The van der Waals surface area contributed by atoms with Gasteiger partial charge in [-0.25, -0.2) is 9.97 Å². The highest BCUT2D eigenvalue weighted by molar-refractivity contribution is 5.89. The molecule has 74 valence electrons. The highest BCUT2D eigenvalue weighted by Gasteiger charge is 2.07. The molecule has 0 aliphatic rings. The van der Waals surface area contributed by atoms with Gasteiger partial charge < -0.3 is 5.73 Å². The number of nitrogen functional groups attached to an aromatic ring is 1. The molecule has 0 aliphatic carbocycles. The number of rotatable bonds is 0. The van der Waals surface area contributed by atoms with Crippen LogP contribution >= 0.6 is 0 Å². The SMILES string of the molecule is Cn1c(N)nc2cc3cnccc3nc21. The topological polar surface area (TPSA) is 69.6 Å². The zero-order chi connectivity index (χ0) is 10.4. The molecule has 15 heavy (non-hydrogen) atoms. The summed E-state index contributed by atoms with van der Waals surface area (Å²) in [5.74, 6) is 0.473. The fraction of sp³-hybridized carbons (Fsp3) is 0.100. The van der Waals surface area contributed by atoms with Crippen molar-refractivity contribution in [2.24, 2.45) is 7.05 Å². The molecule has 0 amide bonds. The van der Waals surface area contributed by atoms with Gasteiger partial charge in [0.15, 0.2) is 5.65 Å². The van der Waals surface area contributed by atoms with E-state index in [1.807, 2.05) is 19.2 Å². The first-order chi connectivity index (χ1) is 7.25. The van der Waals surface area contributed by atoms with Gasteiger partial charge in [0.2, 0.25) is 5.95 Å². The lowest BCUT2D eigenvalue weighted by Gasteiger charge is -1.97. The van der Waals surface area contributed by atoms with E-state index in [2.05, 4.69) is 15.0 Å². The van der Waals surface area contributed by atoms with Gasteiger partial charge in [0.25, 0.3) is 0 Å². The van der Waals surface area contributed by atoms with Gasteiger partial charge in [0, 0.05) is 24.8 Å². The van der Waals surface area contributed by atoms with Crippen molar-refractivity contribution in [1.82, 2.24) is 19.5 Å². The van der Waals surface area contributed by atoms with Gasteiger partial charge in [0.1, 0.15) is 5.52 Å². The summed E-state index contributed by atoms with van der Waals surface area (Å²) in [6.07, 6.45) is 3.49. The summed E-state index contributed by atoms with van der Waals surface area (Å²) in [7, 11) is 1.85. The van der Waals surface area contributed by atoms with Crippen LogP contribution in [0.25, 0.3) is 22.1 Å². The van der Waals surface area contributed by atoms with Crippen LogP contribution in [0, 0.1) is 0 Å². The normalized spacial score (nSPS) is 11.3. The molecule has 0 saturated carbocycles. The first-order valence-electron chi connectivity index (χ1n) is 4.58. The molecular formula is C10H9N5. The average molecular weight is 199 g/mol. The Balaban J connectivity index is 2.53. The maximum absolute atomic E-state index is 5.71. The van der Waals surface area contributed by atoms with Crippen LogP contribution in [-0.2, 0) is 7.05 Å². The molecule has 5 heteroatoms. The Bertz CT molecular complexity index is 655. The minimum absolute atomic E-state index is 0.473. The smallest absolute Gasteiger partial charge is 0.202 e. The first kappa shape index (κ1) is 8.16. The monoisotopic (exact) mass is 199 g/mol. The standard InChI is InChI=1S/C10H9N5/c1-15-9-8(14-10(15)11)4-6-5-12-3-2-7(6)13-9/h2-5H,1H3,(H2,11,14). The van der Waals surface area contributed by atoms with Gasteiger partial charge in [-0.1, -0.05) is 0 Å². The highest BCUT2D eigenvalue weighted by atomic mass is 15.2. The predicted molar refractivity (Wildman–Crippen MR) is 58.2 cm³/mol. The van der Waals surface area contributed by atoms with Crippen LogP contribution in [0.1, 0.15) is 0 Å². The summed E-state index contributed by atoms with van der Waals surface area (Å²) in [4.78, 5) is 12.7. The lowest BCUT2D eigenvalue weighted by atomic mass is 10.2. The van der Waals surface area contributed by atoms with E-state index in [1.165, 1.54) is 0 Å². The number of imidazole rings is 1. The second kappa shape index (κ2) is 2.66. The number of nitrogens with zero attached hydrogens (tertiary/aromatic N) is 4. The van der Waals surface area contributed by atoms with Crippen LogP contribution in [0.3, 0.4) is 0 Å². The van der Waals surface area contributed by atoms with Crippen LogP contribution in [0.5, 0.6) is 0 Å². The number of nitrogens with two attached hydrogens (primary N) is 1. The number of hydrogen-bond acceptors (Lipinski definition) is 4. The van der Waals surface area contributed by atoms with Crippen molar-refractivity contribution in [1.29, 1.82) is 0 Å². The molecule has 0 aliphatic heterocycles. The Morgan fingerprint density at radius 2 is 2.13 bits per heavy atom. The highest BCUT2D eigenvalue weighted by Crippen LogP contribution is 2.19. The number of pyridine rings is 2. The molecule has 0 spiro atoms. The zero-order valence-corrected chi connectivity index (χ0v) is 8.18. The summed E-state index contributed by atoms with van der Waals surface area (Å²) in [6, 6.07) is 3.82. The molecule has 3 aromatic heterocycles. The summed E-state index contributed by atoms with van der Waals surface area (Å²) < 4.78 is 1.77. The predicted octanol–water partition coefficient (Wildman–Crippen LogP) is 1.10. The molecular weight excluding hydrogens is 190 g/mol. The molecule has 3 heterocycles. The lowest BCUT2D eigenvalue weighted by molar-refractivity contribution is 0.950. The molecule has 5 nitrogen and oxygen atoms in total. The average Bonchev–Trinajstić information content (AvgIpc) is 2.52. The van der Waals surface area contributed by atoms with Gasteiger partial charge in [-0.05, 0) is 12.1 Å². The third-order valence-corrected chi connectivity index (χ3v) is 2.47. The van der Waals surface area contributed by atoms with Gasteiger partial charge >= 0.3 is 0 Å². The fourth-order valence-corrected chi connectivity index (χ4v) is 1.63. The second-order valence-electron chi connectivity index (χ2n) is 3.43. The van der Waals surface area contributed by atoms with Crippen LogP contribution in [0.2, 0.25) is 0 Å². The molecule has 0 unspecified atom stereocenters. The summed E-state index contributed by atoms with van der Waals surface area (Å²) in [5.41, 5.74) is 8.21. The molecule has 0 radical (unpaired) electrons. The van der Waals surface area contributed by atoms with Gasteiger partial charge in [-0.3, -0.25) is 9.55 Å². The maximum atomic E-state index is 5.71. The minimum atomic E-state index is 0.473. The molecule has 0 aromatic carbocycles. The molecule has 0 fully saturated rings. The third kappa shape index (κ3) is 1.06. The number of hydrogen-bond donors (Lipinski definition) is 1. The van der Waals surface area contributed by atoms with Crippen LogP contribution in [-0.4, -0.2) is 19.5 Å². The molecule has 2 N–H and O–H groups in total. The molecule has 0 atom stereocenters. The van der Waals surface area contributed by atoms with Crippen LogP contribution < -0.4 is 5.73 Å². The van der Waals surface area contributed by atoms with E-state index in [9.17, 15) is 0 Å². The number of aromatic nitrogens is 4. The maximum Gasteiger partial charge on any atom is 0.202 e. The van der Waals surface area contributed by atoms with E-state index in [0.29, 0.717) is 5.95 Å². The Labute approximate surface area is 85.6 Å². The Morgan fingerprint density at radius 1 is 1.27 bits per heavy atom. The van der Waals surface area contributed by atoms with Crippen molar-refractivity contribution in [3.63, 3.8) is 0 Å². The van der Waals surface area contributed by atoms with Gasteiger partial charge in [-0.15, -0.1) is 0 Å². The summed E-state index contributed by atoms with van der Waals surface area (Å²) in [5, 5.41) is 0.975. The van der Waals surface area contributed by atoms with Crippen molar-refractivity contribution >= 4 is 28.0 Å². The van der Waals surface area contributed by atoms with Crippen LogP contribution in [0.4, 0.5) is 5.95 Å². The van der Waals surface area contributed by atoms with E-state index in [0.717, 1.165) is 22.1 Å². The van der Waals surface area contributed by atoms with E-state index in [-0.39, 0.29) is 0 Å². The van der Waals surface area contributed by atoms with E-state index >= 15 is 0 Å². The lowest BCUT2D eigenvalue weighted by Crippen LogP contribution is -1.97. The second-order valence-corrected chi connectivity index (χ2v) is 3.43. The number of anilines is 1. The number of aryl methyl sites for hydroxylation is 1. The zero-order valence-electron chi connectivity index (χ0n) is 8.18. The molecule has 0 saturated heterocycles. The minimum Gasteiger partial charge on any atom is -0.369 e. The largest absolute Gasteiger partial charge is 0.369 e. The molecule has 3 rings (SSSR count). The Kier molecular flexibility index (Phi) is 1.45. The summed E-state index contributed by atoms with van der Waals surface area (Å²) in [6.45, 7) is 0. The fourth-order valence-electron chi connectivity index (χ4n) is 1.63. The number of fused-ring (bicyclic) bond motifs is 2. The van der Waals surface area contributed by atoms with Gasteiger partial charge in [-0.2, -0.15) is 0 Å². The Morgan fingerprint density at radius 3 is 3.00 bits per heavy atom. The Hall–Kier alpha value is -2.17. The summed E-state index contributed by atoms with van der Waals surface area (Å²) >= 11 is 0. The van der Waals surface area contributed by atoms with Crippen LogP contribution in [0.15, 0.2) is 24.5 Å². The third-order valence-electron chi connectivity index (χ3n) is 2.47. The van der Waals surface area contributed by atoms with E-state index < -0.39 is 0 Å². The molecule has 3 aromatic rings. The van der Waals surface area contributed by atoms with E-state index in [4.69, 9.17) is 5.73 Å². The first-order valence-corrected chi connectivity index (χ1v) is 4.58.